The van der Waals surface area contributed by atoms with E-state index in [0.29, 0.717) is 11.5 Å². The van der Waals surface area contributed by atoms with Crippen LogP contribution in [0.5, 0.6) is 0 Å². The molecule has 0 saturated carbocycles. The lowest BCUT2D eigenvalue weighted by molar-refractivity contribution is 0.103. The zero-order chi connectivity index (χ0) is 12.3. The van der Waals surface area contributed by atoms with Gasteiger partial charge in [0.05, 0.1) is 0 Å². The number of nitrogens with two attached hydrogens (primary N) is 1. The van der Waals surface area contributed by atoms with Crippen molar-refractivity contribution < 1.29 is 4.79 Å². The van der Waals surface area contributed by atoms with Gasteiger partial charge in [0.1, 0.15) is 0 Å². The van der Waals surface area contributed by atoms with Gasteiger partial charge in [0, 0.05) is 25.1 Å². The molecular formula is C13H13N3O. The lowest BCUT2D eigenvalue weighted by Crippen LogP contribution is -2.03. The number of rotatable bonds is 3. The Bertz CT molecular complexity index is 552. The Hall–Kier alpha value is -2.36. The molecule has 0 aliphatic rings. The summed E-state index contributed by atoms with van der Waals surface area (Å²) in [5.74, 6) is 0.311. The summed E-state index contributed by atoms with van der Waals surface area (Å²) < 4.78 is 1.69. The van der Waals surface area contributed by atoms with Crippen molar-refractivity contribution in [2.45, 2.75) is 0 Å². The molecule has 2 rings (SSSR count). The van der Waals surface area contributed by atoms with Gasteiger partial charge in [-0.1, -0.05) is 18.2 Å². The van der Waals surface area contributed by atoms with E-state index in [-0.39, 0.29) is 5.78 Å². The van der Waals surface area contributed by atoms with Crippen LogP contribution in [0.3, 0.4) is 0 Å². The van der Waals surface area contributed by atoms with Gasteiger partial charge < -0.3 is 10.3 Å². The van der Waals surface area contributed by atoms with Crippen molar-refractivity contribution in [3.8, 4) is 0 Å². The molecule has 0 amide bonds. The van der Waals surface area contributed by atoms with E-state index in [0.717, 1.165) is 5.56 Å². The molecule has 0 radical (unpaired) electrons. The van der Waals surface area contributed by atoms with Crippen molar-refractivity contribution >= 4 is 17.5 Å². The number of anilines is 1. The van der Waals surface area contributed by atoms with Gasteiger partial charge in [-0.05, 0) is 23.8 Å². The van der Waals surface area contributed by atoms with E-state index in [1.165, 1.54) is 6.08 Å². The number of benzene rings is 1. The van der Waals surface area contributed by atoms with Crippen LogP contribution < -0.4 is 5.73 Å². The number of aromatic nitrogens is 2. The number of aryl methyl sites for hydroxylation is 1. The van der Waals surface area contributed by atoms with Gasteiger partial charge in [0.15, 0.2) is 5.82 Å². The van der Waals surface area contributed by atoms with Crippen molar-refractivity contribution in [1.82, 2.24) is 9.55 Å². The molecule has 1 aromatic heterocycles. The predicted molar refractivity (Wildman–Crippen MR) is 67.4 cm³/mol. The number of nitrogens with zero attached hydrogens (tertiary/aromatic N) is 2. The zero-order valence-corrected chi connectivity index (χ0v) is 9.50. The lowest BCUT2D eigenvalue weighted by Gasteiger charge is -1.96. The predicted octanol–water partition coefficient (Wildman–Crippen LogP) is 1.90. The first-order valence-electron chi connectivity index (χ1n) is 5.22. The minimum absolute atomic E-state index is 0.116. The van der Waals surface area contributed by atoms with Crippen LogP contribution in [0.1, 0.15) is 16.2 Å². The van der Waals surface area contributed by atoms with E-state index in [2.05, 4.69) is 4.98 Å². The molecule has 1 aromatic carbocycles. The fourth-order valence-electron chi connectivity index (χ4n) is 1.46. The van der Waals surface area contributed by atoms with Crippen LogP contribution in [0.4, 0.5) is 5.69 Å². The standard InChI is InChI=1S/C13H13N3O/c1-16-9-8-15-13(16)12(17)7-4-10-2-5-11(14)6-3-10/h2-9H,14H2,1H3/b7-4+. The van der Waals surface area contributed by atoms with Crippen molar-refractivity contribution in [2.75, 3.05) is 5.73 Å². The molecule has 4 nitrogen and oxygen atoms in total. The molecule has 0 aliphatic heterocycles. The van der Waals surface area contributed by atoms with Crippen LogP contribution in [-0.4, -0.2) is 15.3 Å². The van der Waals surface area contributed by atoms with Crippen molar-refractivity contribution in [3.63, 3.8) is 0 Å². The SMILES string of the molecule is Cn1ccnc1C(=O)/C=C/c1ccc(N)cc1. The van der Waals surface area contributed by atoms with Crippen LogP contribution in [-0.2, 0) is 7.05 Å². The Morgan fingerprint density at radius 1 is 1.35 bits per heavy atom. The van der Waals surface area contributed by atoms with Gasteiger partial charge in [-0.2, -0.15) is 0 Å². The second-order valence-corrected chi connectivity index (χ2v) is 3.73. The normalized spacial score (nSPS) is 10.9. The van der Waals surface area contributed by atoms with Crippen molar-refractivity contribution in [1.29, 1.82) is 0 Å². The number of carbonyl (C=O) groups excluding carboxylic acids is 1. The van der Waals surface area contributed by atoms with Crippen LogP contribution in [0.15, 0.2) is 42.7 Å². The molecule has 0 aliphatic carbocycles. The van der Waals surface area contributed by atoms with Crippen LogP contribution >= 0.6 is 0 Å². The molecule has 2 N–H and O–H groups in total. The Balaban J connectivity index is 2.14. The zero-order valence-electron chi connectivity index (χ0n) is 9.50. The molecular weight excluding hydrogens is 214 g/mol. The maximum absolute atomic E-state index is 11.8. The molecule has 0 bridgehead atoms. The highest BCUT2D eigenvalue weighted by Gasteiger charge is 2.06. The van der Waals surface area contributed by atoms with E-state index in [9.17, 15) is 4.79 Å². The van der Waals surface area contributed by atoms with Crippen LogP contribution in [0, 0.1) is 0 Å². The quantitative estimate of drug-likeness (QED) is 0.495. The molecule has 0 saturated heterocycles. The number of ketones is 1. The number of imidazole rings is 1. The number of allylic oxidation sites excluding steroid dienone is 1. The topological polar surface area (TPSA) is 60.9 Å². The number of carbonyl (C=O) groups is 1. The van der Waals surface area contributed by atoms with Crippen molar-refractivity contribution in [3.05, 3.63) is 54.1 Å². The number of hydrogen-bond donors (Lipinski definition) is 1. The van der Waals surface area contributed by atoms with Crippen molar-refractivity contribution in [2.24, 2.45) is 7.05 Å². The fourth-order valence-corrected chi connectivity index (χ4v) is 1.46. The molecule has 1 heterocycles. The highest BCUT2D eigenvalue weighted by atomic mass is 16.1. The first kappa shape index (κ1) is 11.1. The average molecular weight is 227 g/mol. The first-order chi connectivity index (χ1) is 8.16. The first-order valence-corrected chi connectivity index (χ1v) is 5.22. The van der Waals surface area contributed by atoms with Gasteiger partial charge in [0.25, 0.3) is 0 Å². The molecule has 17 heavy (non-hydrogen) atoms. The third-order valence-electron chi connectivity index (χ3n) is 2.41. The summed E-state index contributed by atoms with van der Waals surface area (Å²) in [6, 6.07) is 7.31. The minimum atomic E-state index is -0.116. The largest absolute Gasteiger partial charge is 0.399 e. The van der Waals surface area contributed by atoms with Crippen LogP contribution in [0.2, 0.25) is 0 Å². The smallest absolute Gasteiger partial charge is 0.221 e. The van der Waals surface area contributed by atoms with Crippen LogP contribution in [0.25, 0.3) is 6.08 Å². The monoisotopic (exact) mass is 227 g/mol. The maximum Gasteiger partial charge on any atom is 0.221 e. The summed E-state index contributed by atoms with van der Waals surface area (Å²) in [4.78, 5) is 15.8. The summed E-state index contributed by atoms with van der Waals surface area (Å²) >= 11 is 0. The van der Waals surface area contributed by atoms with Gasteiger partial charge >= 0.3 is 0 Å². The second-order valence-electron chi connectivity index (χ2n) is 3.73. The van der Waals surface area contributed by atoms with Gasteiger partial charge in [-0.25, -0.2) is 4.98 Å². The number of hydrogen-bond acceptors (Lipinski definition) is 3. The minimum Gasteiger partial charge on any atom is -0.399 e. The summed E-state index contributed by atoms with van der Waals surface area (Å²) in [6.45, 7) is 0. The van der Waals surface area contributed by atoms with E-state index in [1.54, 1.807) is 42.2 Å². The van der Waals surface area contributed by atoms with E-state index < -0.39 is 0 Å². The summed E-state index contributed by atoms with van der Waals surface area (Å²) in [6.07, 6.45) is 6.60. The highest BCUT2D eigenvalue weighted by molar-refractivity contribution is 6.04. The highest BCUT2D eigenvalue weighted by Crippen LogP contribution is 2.08. The van der Waals surface area contributed by atoms with Gasteiger partial charge in [-0.15, -0.1) is 0 Å². The summed E-state index contributed by atoms with van der Waals surface area (Å²) in [7, 11) is 1.79. The Labute approximate surface area is 99.4 Å². The molecule has 86 valence electrons. The van der Waals surface area contributed by atoms with Gasteiger partial charge in [0.2, 0.25) is 5.78 Å². The summed E-state index contributed by atoms with van der Waals surface area (Å²) in [5.41, 5.74) is 7.21. The Morgan fingerprint density at radius 3 is 2.65 bits per heavy atom. The maximum atomic E-state index is 11.8. The second kappa shape index (κ2) is 4.65. The van der Waals surface area contributed by atoms with E-state index >= 15 is 0 Å². The Kier molecular flexibility index (Phi) is 3.05. The van der Waals surface area contributed by atoms with Gasteiger partial charge in [-0.3, -0.25) is 4.79 Å². The molecule has 0 unspecified atom stereocenters. The number of nitrogen functional groups attached to an aromatic ring is 1. The third-order valence-corrected chi connectivity index (χ3v) is 2.41. The Morgan fingerprint density at radius 2 is 2.06 bits per heavy atom. The molecule has 4 heteroatoms. The summed E-state index contributed by atoms with van der Waals surface area (Å²) in [5, 5.41) is 0. The fraction of sp³-hybridized carbons (Fsp3) is 0.0769. The van der Waals surface area contributed by atoms with E-state index in [1.807, 2.05) is 12.1 Å². The lowest BCUT2D eigenvalue weighted by atomic mass is 10.2. The average Bonchev–Trinajstić information content (AvgIpc) is 2.74. The third kappa shape index (κ3) is 2.60. The molecule has 0 spiro atoms. The molecule has 2 aromatic rings. The molecule has 0 fully saturated rings. The van der Waals surface area contributed by atoms with E-state index in [4.69, 9.17) is 5.73 Å². The molecule has 0 atom stereocenters.